The third-order valence-corrected chi connectivity index (χ3v) is 1.64. The second-order valence-corrected chi connectivity index (χ2v) is 2.65. The highest BCUT2D eigenvalue weighted by atomic mass is 16.5. The first-order valence-electron chi connectivity index (χ1n) is 4.07. The van der Waals surface area contributed by atoms with Crippen LogP contribution in [0.15, 0.2) is 0 Å². The molecule has 0 amide bonds. The monoisotopic (exact) mass is 192 g/mol. The minimum atomic E-state index is -1.53. The topological polar surface area (TPSA) is 102 Å². The number of carbonyl (C=O) groups is 1. The van der Waals surface area contributed by atoms with Crippen LogP contribution in [0.5, 0.6) is 0 Å². The first-order valence-corrected chi connectivity index (χ1v) is 4.07. The summed E-state index contributed by atoms with van der Waals surface area (Å²) in [6.45, 7) is 0.378. The van der Waals surface area contributed by atoms with Gasteiger partial charge in [-0.15, -0.1) is 0 Å². The second kappa shape index (κ2) is 6.79. The highest BCUT2D eigenvalue weighted by molar-refractivity contribution is 5.73. The Labute approximate surface area is 76.6 Å². The maximum atomic E-state index is 10.5. The molecule has 5 N–H and O–H groups in total. The zero-order valence-electron chi connectivity index (χ0n) is 7.53. The molecule has 1 atom stereocenters. The van der Waals surface area contributed by atoms with Crippen LogP contribution in [0.3, 0.4) is 0 Å². The molecule has 0 rings (SSSR count). The zero-order chi connectivity index (χ0) is 10.3. The molecule has 0 aliphatic heterocycles. The zero-order valence-corrected chi connectivity index (χ0v) is 7.53. The summed E-state index contributed by atoms with van der Waals surface area (Å²) in [5.74, 6) is -0.896. The van der Waals surface area contributed by atoms with E-state index in [2.05, 4.69) is 10.6 Å². The average molecular weight is 192 g/mol. The van der Waals surface area contributed by atoms with Crippen molar-refractivity contribution in [2.24, 2.45) is 0 Å². The summed E-state index contributed by atoms with van der Waals surface area (Å²) < 4.78 is 0. The van der Waals surface area contributed by atoms with Gasteiger partial charge in [0, 0.05) is 0 Å². The molecule has 6 heteroatoms. The number of aliphatic hydroxyl groups is 2. The molecule has 0 aliphatic rings. The Kier molecular flexibility index (Phi) is 6.43. The predicted molar refractivity (Wildman–Crippen MR) is 45.9 cm³/mol. The van der Waals surface area contributed by atoms with Gasteiger partial charge in [0.15, 0.2) is 0 Å². The summed E-state index contributed by atoms with van der Waals surface area (Å²) >= 11 is 0. The number of hydrogen-bond acceptors (Lipinski definition) is 5. The molecule has 0 radical (unpaired) electrons. The minimum absolute atomic E-state index is 0.378. The molecule has 0 saturated heterocycles. The van der Waals surface area contributed by atoms with E-state index >= 15 is 0 Å². The first-order chi connectivity index (χ1) is 6.07. The summed E-state index contributed by atoms with van der Waals surface area (Å²) in [5, 5.41) is 30.4. The number of nitrogens with one attached hydrogen (secondary N) is 2. The van der Waals surface area contributed by atoms with Crippen LogP contribution in [0.2, 0.25) is 0 Å². The molecule has 1 unspecified atom stereocenters. The van der Waals surface area contributed by atoms with Gasteiger partial charge >= 0.3 is 5.97 Å². The van der Waals surface area contributed by atoms with Gasteiger partial charge in [-0.2, -0.15) is 0 Å². The second-order valence-electron chi connectivity index (χ2n) is 2.65. The van der Waals surface area contributed by atoms with Crippen LogP contribution < -0.4 is 10.6 Å². The Balaban J connectivity index is 3.44. The maximum absolute atomic E-state index is 10.5. The number of rotatable bonds is 7. The fourth-order valence-electron chi connectivity index (χ4n) is 0.929. The largest absolute Gasteiger partial charge is 0.480 e. The van der Waals surface area contributed by atoms with E-state index in [0.717, 1.165) is 0 Å². The first kappa shape index (κ1) is 12.3. The van der Waals surface area contributed by atoms with E-state index in [4.69, 9.17) is 15.3 Å². The van der Waals surface area contributed by atoms with Crippen molar-refractivity contribution in [1.29, 1.82) is 0 Å². The van der Waals surface area contributed by atoms with Gasteiger partial charge in [-0.3, -0.25) is 10.1 Å². The van der Waals surface area contributed by atoms with Crippen LogP contribution in [-0.2, 0) is 4.79 Å². The lowest BCUT2D eigenvalue weighted by Gasteiger charge is -2.11. The highest BCUT2D eigenvalue weighted by Gasteiger charge is 2.13. The number of aliphatic hydroxyl groups excluding tert-OH is 1. The quantitative estimate of drug-likeness (QED) is 0.243. The van der Waals surface area contributed by atoms with E-state index in [0.29, 0.717) is 19.4 Å². The van der Waals surface area contributed by atoms with Gasteiger partial charge in [0.05, 0.1) is 0 Å². The molecule has 0 bridgehead atoms. The number of carboxylic acids is 1. The van der Waals surface area contributed by atoms with E-state index in [1.165, 1.54) is 0 Å². The number of hydrogen-bond donors (Lipinski definition) is 5. The third-order valence-electron chi connectivity index (χ3n) is 1.64. The Morgan fingerprint density at radius 1 is 1.46 bits per heavy atom. The smallest absolute Gasteiger partial charge is 0.320 e. The molecule has 0 aromatic rings. The van der Waals surface area contributed by atoms with Crippen molar-refractivity contribution >= 4 is 5.97 Å². The van der Waals surface area contributed by atoms with Crippen molar-refractivity contribution in [3.63, 3.8) is 0 Å². The third kappa shape index (κ3) is 6.47. The molecule has 0 fully saturated rings. The van der Waals surface area contributed by atoms with Gasteiger partial charge in [-0.1, -0.05) is 0 Å². The minimum Gasteiger partial charge on any atom is -0.480 e. The van der Waals surface area contributed by atoms with Crippen LogP contribution in [-0.4, -0.2) is 47.3 Å². The molecule has 0 aromatic carbocycles. The van der Waals surface area contributed by atoms with Crippen LogP contribution in [0.25, 0.3) is 0 Å². The summed E-state index contributed by atoms with van der Waals surface area (Å²) in [6.07, 6.45) is -0.515. The van der Waals surface area contributed by atoms with Crippen LogP contribution >= 0.6 is 0 Å². The fourth-order valence-corrected chi connectivity index (χ4v) is 0.929. The molecule has 0 aromatic heterocycles. The molecule has 0 aliphatic carbocycles. The summed E-state index contributed by atoms with van der Waals surface area (Å²) in [5.41, 5.74) is 0. The summed E-state index contributed by atoms with van der Waals surface area (Å²) in [4.78, 5) is 10.5. The maximum Gasteiger partial charge on any atom is 0.320 e. The Bertz CT molecular complexity index is 151. The van der Waals surface area contributed by atoms with Crippen LogP contribution in [0, 0.1) is 0 Å². The lowest BCUT2D eigenvalue weighted by atomic mass is 10.1. The molecular weight excluding hydrogens is 176 g/mol. The fraction of sp³-hybridized carbons (Fsp3) is 0.857. The van der Waals surface area contributed by atoms with Crippen molar-refractivity contribution in [2.75, 3.05) is 13.6 Å². The summed E-state index contributed by atoms with van der Waals surface area (Å²) in [7, 11) is 1.58. The molecule has 0 heterocycles. The van der Waals surface area contributed by atoms with E-state index in [1.807, 2.05) is 0 Å². The Hall–Kier alpha value is -0.690. The summed E-state index contributed by atoms with van der Waals surface area (Å²) in [6, 6.07) is -0.572. The van der Waals surface area contributed by atoms with Crippen molar-refractivity contribution in [3.05, 3.63) is 0 Å². The normalized spacial score (nSPS) is 13.2. The van der Waals surface area contributed by atoms with Gasteiger partial charge < -0.3 is 20.6 Å². The number of aliphatic carboxylic acids is 1. The predicted octanol–water partition coefficient (Wildman–Crippen LogP) is -1.70. The molecular formula is C7H16N2O4. The van der Waals surface area contributed by atoms with Crippen LogP contribution in [0.1, 0.15) is 12.8 Å². The molecule has 6 nitrogen and oxygen atoms in total. The molecule has 0 saturated carbocycles. The number of likely N-dealkylation sites (N-methyl/N-ethyl adjacent to an activating group) is 1. The molecule has 0 spiro atoms. The van der Waals surface area contributed by atoms with Crippen LogP contribution in [0.4, 0.5) is 0 Å². The van der Waals surface area contributed by atoms with E-state index < -0.39 is 18.4 Å². The van der Waals surface area contributed by atoms with Gasteiger partial charge in [0.2, 0.25) is 6.41 Å². The van der Waals surface area contributed by atoms with Gasteiger partial charge in [-0.05, 0) is 26.4 Å². The van der Waals surface area contributed by atoms with Crippen molar-refractivity contribution < 1.29 is 20.1 Å². The van der Waals surface area contributed by atoms with Crippen molar-refractivity contribution in [1.82, 2.24) is 10.6 Å². The van der Waals surface area contributed by atoms with Crippen molar-refractivity contribution in [2.45, 2.75) is 25.3 Å². The van der Waals surface area contributed by atoms with Crippen molar-refractivity contribution in [3.8, 4) is 0 Å². The number of carboxylic acid groups (broad SMARTS) is 1. The standard InChI is InChI=1S/C7H16N2O4/c1-8-5(6(10)11)3-2-4-9-7(12)13/h5,7-9,12-13H,2-4H2,1H3,(H,10,11). The highest BCUT2D eigenvalue weighted by Crippen LogP contribution is 1.95. The van der Waals surface area contributed by atoms with E-state index in [1.54, 1.807) is 7.05 Å². The van der Waals surface area contributed by atoms with E-state index in [-0.39, 0.29) is 0 Å². The van der Waals surface area contributed by atoms with Gasteiger partial charge in [0.25, 0.3) is 0 Å². The average Bonchev–Trinajstić information content (AvgIpc) is 2.03. The Morgan fingerprint density at radius 2 is 2.08 bits per heavy atom. The lowest BCUT2D eigenvalue weighted by Crippen LogP contribution is -2.35. The van der Waals surface area contributed by atoms with E-state index in [9.17, 15) is 4.79 Å². The molecule has 13 heavy (non-hydrogen) atoms. The SMILES string of the molecule is CNC(CCCNC(O)O)C(=O)O. The lowest BCUT2D eigenvalue weighted by molar-refractivity contribution is -0.139. The van der Waals surface area contributed by atoms with Gasteiger partial charge in [0.1, 0.15) is 6.04 Å². The Morgan fingerprint density at radius 3 is 2.46 bits per heavy atom. The van der Waals surface area contributed by atoms with Gasteiger partial charge in [-0.25, -0.2) is 0 Å². The molecule has 78 valence electrons.